The average Bonchev–Trinajstić information content (AvgIpc) is 2.44. The molecule has 0 aliphatic rings. The highest BCUT2D eigenvalue weighted by Crippen LogP contribution is 2.32. The Hall–Kier alpha value is -1.55. The number of aryl methyl sites for hydroxylation is 1. The molecule has 1 aromatic heterocycles. The third-order valence-electron chi connectivity index (χ3n) is 3.12. The molecule has 1 aromatic carbocycles. The quantitative estimate of drug-likeness (QED) is 0.659. The van der Waals surface area contributed by atoms with Crippen LogP contribution in [-0.4, -0.2) is 17.0 Å². The highest BCUT2D eigenvalue weighted by molar-refractivity contribution is 7.98. The molecule has 0 atom stereocenters. The Morgan fingerprint density at radius 1 is 1.25 bits per heavy atom. The van der Waals surface area contributed by atoms with Gasteiger partial charge in [-0.05, 0) is 18.4 Å². The van der Waals surface area contributed by atoms with E-state index in [-0.39, 0.29) is 0 Å². The molecule has 0 spiro atoms. The first-order valence-corrected chi connectivity index (χ1v) is 7.81. The van der Waals surface area contributed by atoms with Gasteiger partial charge in [-0.1, -0.05) is 43.7 Å². The topological polar surface area (TPSA) is 37.8 Å². The van der Waals surface area contributed by atoms with Crippen LogP contribution in [0.3, 0.4) is 0 Å². The van der Waals surface area contributed by atoms with Crippen molar-refractivity contribution in [2.75, 3.05) is 12.4 Å². The maximum atomic E-state index is 4.46. The van der Waals surface area contributed by atoms with Gasteiger partial charge in [-0.2, -0.15) is 0 Å². The van der Waals surface area contributed by atoms with E-state index in [1.807, 2.05) is 7.05 Å². The molecule has 0 amide bonds. The number of anilines is 1. The third kappa shape index (κ3) is 3.51. The summed E-state index contributed by atoms with van der Waals surface area (Å²) in [5.41, 5.74) is 3.83. The second kappa shape index (κ2) is 6.75. The summed E-state index contributed by atoms with van der Waals surface area (Å²) in [7, 11) is 1.91. The monoisotopic (exact) mass is 287 g/mol. The number of hydrogen-bond acceptors (Lipinski definition) is 4. The molecule has 106 valence electrons. The Bertz CT molecular complexity index is 582. The molecule has 0 bridgehead atoms. The van der Waals surface area contributed by atoms with Gasteiger partial charge in [0.15, 0.2) is 0 Å². The molecule has 4 heteroatoms. The van der Waals surface area contributed by atoms with Crippen LogP contribution in [0.5, 0.6) is 0 Å². The van der Waals surface area contributed by atoms with Crippen LogP contribution in [0, 0.1) is 6.92 Å². The van der Waals surface area contributed by atoms with E-state index in [0.717, 1.165) is 16.6 Å². The van der Waals surface area contributed by atoms with Gasteiger partial charge in [0.1, 0.15) is 17.2 Å². The van der Waals surface area contributed by atoms with Gasteiger partial charge in [0.25, 0.3) is 0 Å². The van der Waals surface area contributed by atoms with Gasteiger partial charge in [-0.25, -0.2) is 9.97 Å². The van der Waals surface area contributed by atoms with Crippen LogP contribution in [0.2, 0.25) is 0 Å². The SMILES string of the molecule is CNc1ncnc(SCc2cccc(C)c2)c1C(C)C. The highest BCUT2D eigenvalue weighted by Gasteiger charge is 2.14. The van der Waals surface area contributed by atoms with Crippen molar-refractivity contribution in [2.45, 2.75) is 37.5 Å². The Labute approximate surface area is 125 Å². The van der Waals surface area contributed by atoms with Gasteiger partial charge in [0.05, 0.1) is 0 Å². The molecule has 0 radical (unpaired) electrons. The van der Waals surface area contributed by atoms with Crippen molar-refractivity contribution in [1.82, 2.24) is 9.97 Å². The molecule has 3 nitrogen and oxygen atoms in total. The molecule has 0 saturated carbocycles. The number of nitrogens with zero attached hydrogens (tertiary/aromatic N) is 2. The Morgan fingerprint density at radius 3 is 2.70 bits per heavy atom. The van der Waals surface area contributed by atoms with E-state index in [4.69, 9.17) is 0 Å². The Kier molecular flexibility index (Phi) is 5.01. The lowest BCUT2D eigenvalue weighted by Gasteiger charge is -2.15. The minimum atomic E-state index is 0.402. The Balaban J connectivity index is 2.21. The fraction of sp³-hybridized carbons (Fsp3) is 0.375. The molecular weight excluding hydrogens is 266 g/mol. The number of rotatable bonds is 5. The molecule has 2 rings (SSSR count). The van der Waals surface area contributed by atoms with Crippen molar-refractivity contribution in [3.63, 3.8) is 0 Å². The molecule has 0 aliphatic heterocycles. The van der Waals surface area contributed by atoms with Gasteiger partial charge < -0.3 is 5.32 Å². The van der Waals surface area contributed by atoms with Crippen molar-refractivity contribution in [2.24, 2.45) is 0 Å². The van der Waals surface area contributed by atoms with E-state index in [2.05, 4.69) is 60.3 Å². The summed E-state index contributed by atoms with van der Waals surface area (Å²) in [5, 5.41) is 4.23. The fourth-order valence-corrected chi connectivity index (χ4v) is 3.26. The van der Waals surface area contributed by atoms with Crippen LogP contribution in [0.4, 0.5) is 5.82 Å². The summed E-state index contributed by atoms with van der Waals surface area (Å²) in [4.78, 5) is 8.77. The van der Waals surface area contributed by atoms with Crippen LogP contribution >= 0.6 is 11.8 Å². The van der Waals surface area contributed by atoms with Crippen LogP contribution in [0.1, 0.15) is 36.5 Å². The zero-order valence-corrected chi connectivity index (χ0v) is 13.3. The first-order valence-electron chi connectivity index (χ1n) is 6.82. The zero-order chi connectivity index (χ0) is 14.5. The minimum absolute atomic E-state index is 0.402. The van der Waals surface area contributed by atoms with Crippen LogP contribution in [0.25, 0.3) is 0 Å². The normalized spacial score (nSPS) is 10.8. The predicted molar refractivity (Wildman–Crippen MR) is 86.4 cm³/mol. The summed E-state index contributed by atoms with van der Waals surface area (Å²) >= 11 is 1.78. The summed E-state index contributed by atoms with van der Waals surface area (Å²) in [6.45, 7) is 6.48. The van der Waals surface area contributed by atoms with Crippen LogP contribution in [0.15, 0.2) is 35.6 Å². The lowest BCUT2D eigenvalue weighted by molar-refractivity contribution is 0.806. The van der Waals surface area contributed by atoms with Gasteiger partial charge in [-0.3, -0.25) is 0 Å². The number of benzene rings is 1. The Morgan fingerprint density at radius 2 is 2.05 bits per heavy atom. The van der Waals surface area contributed by atoms with E-state index < -0.39 is 0 Å². The molecule has 1 N–H and O–H groups in total. The van der Waals surface area contributed by atoms with Crippen molar-refractivity contribution >= 4 is 17.6 Å². The van der Waals surface area contributed by atoms with E-state index in [0.29, 0.717) is 5.92 Å². The van der Waals surface area contributed by atoms with Crippen molar-refractivity contribution in [1.29, 1.82) is 0 Å². The van der Waals surface area contributed by atoms with E-state index in [1.54, 1.807) is 18.1 Å². The van der Waals surface area contributed by atoms with E-state index in [1.165, 1.54) is 16.7 Å². The molecular formula is C16H21N3S. The first kappa shape index (κ1) is 14.9. The maximum Gasteiger partial charge on any atom is 0.133 e. The number of aromatic nitrogens is 2. The maximum absolute atomic E-state index is 4.46. The third-order valence-corrected chi connectivity index (χ3v) is 4.20. The lowest BCUT2D eigenvalue weighted by atomic mass is 10.1. The largest absolute Gasteiger partial charge is 0.373 e. The van der Waals surface area contributed by atoms with Gasteiger partial charge in [-0.15, -0.1) is 11.8 Å². The molecule has 20 heavy (non-hydrogen) atoms. The van der Waals surface area contributed by atoms with Gasteiger partial charge >= 0.3 is 0 Å². The second-order valence-corrected chi connectivity index (χ2v) is 6.09. The summed E-state index contributed by atoms with van der Waals surface area (Å²) < 4.78 is 0. The second-order valence-electron chi connectivity index (χ2n) is 5.12. The van der Waals surface area contributed by atoms with Crippen molar-refractivity contribution in [3.05, 3.63) is 47.3 Å². The van der Waals surface area contributed by atoms with Crippen LogP contribution < -0.4 is 5.32 Å². The standard InChI is InChI=1S/C16H21N3S/c1-11(2)14-15(17-4)18-10-19-16(14)20-9-13-7-5-6-12(3)8-13/h5-8,10-11H,9H2,1-4H3,(H,17,18,19). The molecule has 0 unspecified atom stereocenters. The van der Waals surface area contributed by atoms with E-state index in [9.17, 15) is 0 Å². The molecule has 0 aliphatic carbocycles. The summed E-state index contributed by atoms with van der Waals surface area (Å²) in [5.74, 6) is 2.27. The van der Waals surface area contributed by atoms with E-state index >= 15 is 0 Å². The van der Waals surface area contributed by atoms with Gasteiger partial charge in [0.2, 0.25) is 0 Å². The number of nitrogens with one attached hydrogen (secondary N) is 1. The zero-order valence-electron chi connectivity index (χ0n) is 12.5. The summed E-state index contributed by atoms with van der Waals surface area (Å²) in [6.07, 6.45) is 1.64. The lowest BCUT2D eigenvalue weighted by Crippen LogP contribution is -2.04. The highest BCUT2D eigenvalue weighted by atomic mass is 32.2. The number of thioether (sulfide) groups is 1. The predicted octanol–water partition coefficient (Wildman–Crippen LogP) is 4.24. The molecule has 0 saturated heterocycles. The molecule has 2 aromatic rings. The minimum Gasteiger partial charge on any atom is -0.373 e. The van der Waals surface area contributed by atoms with Crippen LogP contribution in [-0.2, 0) is 5.75 Å². The summed E-state index contributed by atoms with van der Waals surface area (Å²) in [6, 6.07) is 8.61. The average molecular weight is 287 g/mol. The van der Waals surface area contributed by atoms with Crippen molar-refractivity contribution < 1.29 is 0 Å². The number of hydrogen-bond donors (Lipinski definition) is 1. The molecule has 1 heterocycles. The smallest absolute Gasteiger partial charge is 0.133 e. The van der Waals surface area contributed by atoms with Crippen molar-refractivity contribution in [3.8, 4) is 0 Å². The molecule has 0 fully saturated rings. The first-order chi connectivity index (χ1) is 9.61. The van der Waals surface area contributed by atoms with Gasteiger partial charge in [0, 0.05) is 18.4 Å². The fourth-order valence-electron chi connectivity index (χ4n) is 2.17.